The fraction of sp³-hybridized carbons (Fsp3) is 0.533. The maximum absolute atomic E-state index is 12.2. The number of amides is 1. The topological polar surface area (TPSA) is 41.6 Å². The fourth-order valence-electron chi connectivity index (χ4n) is 3.07. The van der Waals surface area contributed by atoms with Crippen molar-refractivity contribution in [1.29, 1.82) is 0 Å². The van der Waals surface area contributed by atoms with E-state index in [9.17, 15) is 4.79 Å². The first-order chi connectivity index (χ1) is 9.66. The molecule has 2 fully saturated rings. The summed E-state index contributed by atoms with van der Waals surface area (Å²) in [6.07, 6.45) is 2.17. The molecule has 2 aliphatic rings. The molecule has 20 heavy (non-hydrogen) atoms. The zero-order valence-corrected chi connectivity index (χ0v) is 12.3. The van der Waals surface area contributed by atoms with Crippen LogP contribution < -0.4 is 5.32 Å². The molecule has 3 atom stereocenters. The molecule has 2 saturated heterocycles. The molecule has 3 rings (SSSR count). The predicted molar refractivity (Wildman–Crippen MR) is 77.5 cm³/mol. The monoisotopic (exact) mass is 294 g/mol. The molecule has 3 unspecified atom stereocenters. The molecule has 4 nitrogen and oxygen atoms in total. The van der Waals surface area contributed by atoms with Crippen LogP contribution in [0.3, 0.4) is 0 Å². The van der Waals surface area contributed by atoms with Crippen LogP contribution in [0.2, 0.25) is 5.02 Å². The van der Waals surface area contributed by atoms with Crippen LogP contribution in [0, 0.1) is 0 Å². The summed E-state index contributed by atoms with van der Waals surface area (Å²) in [6, 6.07) is 7.73. The van der Waals surface area contributed by atoms with Gasteiger partial charge in [0.15, 0.2) is 0 Å². The third kappa shape index (κ3) is 2.55. The van der Waals surface area contributed by atoms with E-state index in [2.05, 4.69) is 12.2 Å². The summed E-state index contributed by atoms with van der Waals surface area (Å²) in [7, 11) is 0. The van der Waals surface area contributed by atoms with Crippen molar-refractivity contribution >= 4 is 17.5 Å². The molecule has 1 aromatic rings. The lowest BCUT2D eigenvalue weighted by atomic mass is 10.1. The average Bonchev–Trinajstić information content (AvgIpc) is 3.08. The highest BCUT2D eigenvalue weighted by atomic mass is 35.5. The molecular formula is C15H19ClN2O2. The van der Waals surface area contributed by atoms with E-state index in [1.807, 2.05) is 29.2 Å². The molecule has 0 spiro atoms. The lowest BCUT2D eigenvalue weighted by molar-refractivity contribution is -0.132. The number of rotatable bonds is 3. The summed E-state index contributed by atoms with van der Waals surface area (Å²) >= 11 is 5.93. The number of nitrogens with one attached hydrogen (secondary N) is 1. The number of carbonyl (C=O) groups is 1. The van der Waals surface area contributed by atoms with Gasteiger partial charge in [0, 0.05) is 11.6 Å². The smallest absolute Gasteiger partial charge is 0.238 e. The highest BCUT2D eigenvalue weighted by Gasteiger charge is 2.39. The first-order valence-electron chi connectivity index (χ1n) is 7.08. The Bertz CT molecular complexity index is 485. The van der Waals surface area contributed by atoms with E-state index in [0.29, 0.717) is 11.6 Å². The van der Waals surface area contributed by atoms with Gasteiger partial charge in [-0.05, 0) is 37.5 Å². The summed E-state index contributed by atoms with van der Waals surface area (Å²) < 4.78 is 5.74. The van der Waals surface area contributed by atoms with E-state index in [1.165, 1.54) is 0 Å². The minimum Gasteiger partial charge on any atom is -0.376 e. The Morgan fingerprint density at radius 3 is 2.80 bits per heavy atom. The number of hydrogen-bond acceptors (Lipinski definition) is 3. The van der Waals surface area contributed by atoms with Gasteiger partial charge < -0.3 is 9.64 Å². The zero-order chi connectivity index (χ0) is 14.1. The summed E-state index contributed by atoms with van der Waals surface area (Å²) in [5.41, 5.74) is 1.06. The van der Waals surface area contributed by atoms with Crippen molar-refractivity contribution in [3.8, 4) is 0 Å². The van der Waals surface area contributed by atoms with Crippen LogP contribution in [0.25, 0.3) is 0 Å². The maximum atomic E-state index is 12.2. The Balaban J connectivity index is 1.82. The fourth-order valence-corrected chi connectivity index (χ4v) is 3.19. The minimum atomic E-state index is -0.0843. The Morgan fingerprint density at radius 1 is 1.40 bits per heavy atom. The Kier molecular flexibility index (Phi) is 3.96. The van der Waals surface area contributed by atoms with E-state index in [0.717, 1.165) is 25.0 Å². The SMILES string of the molecule is CC(C1CCCO1)N1C(=O)CNC1c1ccc(Cl)cc1. The third-order valence-electron chi connectivity index (χ3n) is 4.14. The van der Waals surface area contributed by atoms with Crippen LogP contribution in [-0.4, -0.2) is 36.1 Å². The first-order valence-corrected chi connectivity index (χ1v) is 7.46. The van der Waals surface area contributed by atoms with Crippen molar-refractivity contribution in [1.82, 2.24) is 10.2 Å². The van der Waals surface area contributed by atoms with Gasteiger partial charge in [-0.15, -0.1) is 0 Å². The molecule has 0 bridgehead atoms. The van der Waals surface area contributed by atoms with Gasteiger partial charge in [-0.2, -0.15) is 0 Å². The van der Waals surface area contributed by atoms with Gasteiger partial charge >= 0.3 is 0 Å². The Labute approximate surface area is 124 Å². The molecule has 5 heteroatoms. The lowest BCUT2D eigenvalue weighted by Crippen LogP contribution is -2.44. The van der Waals surface area contributed by atoms with Crippen molar-refractivity contribution in [2.45, 2.75) is 38.1 Å². The highest BCUT2D eigenvalue weighted by molar-refractivity contribution is 6.30. The summed E-state index contributed by atoms with van der Waals surface area (Å²) in [5, 5.41) is 3.98. The van der Waals surface area contributed by atoms with Crippen LogP contribution in [0.1, 0.15) is 31.5 Å². The van der Waals surface area contributed by atoms with Crippen molar-refractivity contribution in [2.24, 2.45) is 0 Å². The second-order valence-electron chi connectivity index (χ2n) is 5.43. The van der Waals surface area contributed by atoms with Crippen LogP contribution in [0.4, 0.5) is 0 Å². The maximum Gasteiger partial charge on any atom is 0.238 e. The van der Waals surface area contributed by atoms with E-state index >= 15 is 0 Å². The molecule has 2 aliphatic heterocycles. The molecule has 0 aliphatic carbocycles. The molecule has 0 radical (unpaired) electrons. The average molecular weight is 295 g/mol. The second kappa shape index (κ2) is 5.72. The van der Waals surface area contributed by atoms with E-state index in [4.69, 9.17) is 16.3 Å². The van der Waals surface area contributed by atoms with E-state index < -0.39 is 0 Å². The van der Waals surface area contributed by atoms with Crippen LogP contribution in [0.15, 0.2) is 24.3 Å². The van der Waals surface area contributed by atoms with Gasteiger partial charge in [0.1, 0.15) is 6.17 Å². The van der Waals surface area contributed by atoms with Crippen molar-refractivity contribution in [3.05, 3.63) is 34.9 Å². The number of carbonyl (C=O) groups excluding carboxylic acids is 1. The molecule has 1 N–H and O–H groups in total. The number of ether oxygens (including phenoxy) is 1. The van der Waals surface area contributed by atoms with Gasteiger partial charge in [-0.1, -0.05) is 23.7 Å². The third-order valence-corrected chi connectivity index (χ3v) is 4.39. The van der Waals surface area contributed by atoms with Gasteiger partial charge in [0.05, 0.1) is 18.7 Å². The second-order valence-corrected chi connectivity index (χ2v) is 5.86. The van der Waals surface area contributed by atoms with Gasteiger partial charge in [-0.3, -0.25) is 10.1 Å². The van der Waals surface area contributed by atoms with E-state index in [1.54, 1.807) is 0 Å². The number of hydrogen-bond donors (Lipinski definition) is 1. The van der Waals surface area contributed by atoms with Gasteiger partial charge in [-0.25, -0.2) is 0 Å². The predicted octanol–water partition coefficient (Wildman–Crippen LogP) is 2.34. The molecule has 1 amide bonds. The van der Waals surface area contributed by atoms with Crippen molar-refractivity contribution in [2.75, 3.05) is 13.2 Å². The zero-order valence-electron chi connectivity index (χ0n) is 11.5. The molecule has 0 saturated carbocycles. The molecule has 108 valence electrons. The van der Waals surface area contributed by atoms with Crippen LogP contribution in [0.5, 0.6) is 0 Å². The van der Waals surface area contributed by atoms with Crippen LogP contribution in [-0.2, 0) is 9.53 Å². The van der Waals surface area contributed by atoms with Crippen LogP contribution >= 0.6 is 11.6 Å². The van der Waals surface area contributed by atoms with E-state index in [-0.39, 0.29) is 24.2 Å². The summed E-state index contributed by atoms with van der Waals surface area (Å²) in [4.78, 5) is 14.1. The normalized spacial score (nSPS) is 28.1. The standard InChI is InChI=1S/C15H19ClN2O2/c1-10(13-3-2-8-20-13)18-14(19)9-17-15(18)11-4-6-12(16)7-5-11/h4-7,10,13,15,17H,2-3,8-9H2,1H3. The highest BCUT2D eigenvalue weighted by Crippen LogP contribution is 2.30. The number of nitrogens with zero attached hydrogens (tertiary/aromatic N) is 1. The Hall–Kier alpha value is -1.10. The lowest BCUT2D eigenvalue weighted by Gasteiger charge is -2.33. The van der Waals surface area contributed by atoms with Crippen molar-refractivity contribution in [3.63, 3.8) is 0 Å². The number of halogens is 1. The van der Waals surface area contributed by atoms with Gasteiger partial charge in [0.25, 0.3) is 0 Å². The summed E-state index contributed by atoms with van der Waals surface area (Å²) in [5.74, 6) is 0.132. The minimum absolute atomic E-state index is 0.0840. The number of benzene rings is 1. The first kappa shape index (κ1) is 13.9. The molecule has 0 aromatic heterocycles. The van der Waals surface area contributed by atoms with Gasteiger partial charge in [0.2, 0.25) is 5.91 Å². The molecule has 2 heterocycles. The quantitative estimate of drug-likeness (QED) is 0.930. The summed E-state index contributed by atoms with van der Waals surface area (Å²) in [6.45, 7) is 3.25. The largest absolute Gasteiger partial charge is 0.376 e. The molecular weight excluding hydrogens is 276 g/mol. The molecule has 1 aromatic carbocycles. The van der Waals surface area contributed by atoms with Crippen molar-refractivity contribution < 1.29 is 9.53 Å². The Morgan fingerprint density at radius 2 is 2.15 bits per heavy atom.